The van der Waals surface area contributed by atoms with Gasteiger partial charge in [-0.2, -0.15) is 0 Å². The van der Waals surface area contributed by atoms with Gasteiger partial charge in [-0.25, -0.2) is 0 Å². The first kappa shape index (κ1) is 11.7. The number of amides is 1. The first-order valence-electron chi connectivity index (χ1n) is 6.75. The second kappa shape index (κ2) is 4.09. The van der Waals surface area contributed by atoms with Crippen LogP contribution in [-0.4, -0.2) is 11.9 Å². The van der Waals surface area contributed by atoms with Gasteiger partial charge >= 0.3 is 0 Å². The van der Waals surface area contributed by atoms with E-state index in [0.29, 0.717) is 11.8 Å². The van der Waals surface area contributed by atoms with Crippen LogP contribution in [0, 0.1) is 11.8 Å². The van der Waals surface area contributed by atoms with Gasteiger partial charge in [0.15, 0.2) is 0 Å². The lowest BCUT2D eigenvalue weighted by molar-refractivity contribution is -0.117. The molecular formula is C15H20N2O. The second-order valence-corrected chi connectivity index (χ2v) is 5.66. The largest absolute Gasteiger partial charge is 0.324 e. The van der Waals surface area contributed by atoms with E-state index in [1.165, 1.54) is 12.8 Å². The summed E-state index contributed by atoms with van der Waals surface area (Å²) in [6.07, 6.45) is 2.46. The van der Waals surface area contributed by atoms with E-state index in [-0.39, 0.29) is 18.0 Å². The number of benzene rings is 1. The van der Waals surface area contributed by atoms with Crippen LogP contribution >= 0.6 is 0 Å². The number of rotatable bonds is 1. The van der Waals surface area contributed by atoms with Crippen molar-refractivity contribution in [1.29, 1.82) is 0 Å². The van der Waals surface area contributed by atoms with E-state index in [1.807, 2.05) is 23.1 Å². The number of nitrogens with two attached hydrogens (primary N) is 1. The summed E-state index contributed by atoms with van der Waals surface area (Å²) in [5.41, 5.74) is 8.50. The zero-order chi connectivity index (χ0) is 12.9. The van der Waals surface area contributed by atoms with Crippen LogP contribution in [0.1, 0.15) is 38.3 Å². The molecule has 2 N–H and O–H groups in total. The van der Waals surface area contributed by atoms with Crippen LogP contribution in [0.4, 0.5) is 5.69 Å². The highest BCUT2D eigenvalue weighted by Crippen LogP contribution is 2.48. The number of fused-ring (bicyclic) bond motifs is 1. The minimum atomic E-state index is 0.0439. The van der Waals surface area contributed by atoms with Crippen molar-refractivity contribution in [2.75, 3.05) is 4.90 Å². The summed E-state index contributed by atoms with van der Waals surface area (Å²) < 4.78 is 0. The number of hydrogen-bond donors (Lipinski definition) is 1. The molecule has 0 radical (unpaired) electrons. The van der Waals surface area contributed by atoms with Gasteiger partial charge in [0, 0.05) is 24.7 Å². The Morgan fingerprint density at radius 2 is 2.00 bits per heavy atom. The third-order valence-corrected chi connectivity index (χ3v) is 4.40. The fourth-order valence-corrected chi connectivity index (χ4v) is 3.34. The van der Waals surface area contributed by atoms with Crippen LogP contribution in [0.2, 0.25) is 0 Å². The van der Waals surface area contributed by atoms with Gasteiger partial charge in [-0.1, -0.05) is 25.1 Å². The minimum absolute atomic E-state index is 0.0439. The van der Waals surface area contributed by atoms with Crippen molar-refractivity contribution in [3.05, 3.63) is 29.8 Å². The van der Waals surface area contributed by atoms with Crippen molar-refractivity contribution in [2.45, 2.75) is 38.8 Å². The van der Waals surface area contributed by atoms with Crippen LogP contribution in [0.5, 0.6) is 0 Å². The maximum absolute atomic E-state index is 12.0. The molecule has 0 bridgehead atoms. The smallest absolute Gasteiger partial charge is 0.224 e. The number of nitrogens with zero attached hydrogens (tertiary/aromatic N) is 1. The molecule has 2 aliphatic rings. The van der Waals surface area contributed by atoms with E-state index in [2.05, 4.69) is 13.0 Å². The van der Waals surface area contributed by atoms with Gasteiger partial charge in [-0.05, 0) is 36.3 Å². The van der Waals surface area contributed by atoms with Gasteiger partial charge in [0.2, 0.25) is 5.91 Å². The minimum Gasteiger partial charge on any atom is -0.324 e. The predicted octanol–water partition coefficient (Wildman–Crippen LogP) is 2.47. The van der Waals surface area contributed by atoms with E-state index in [4.69, 9.17) is 5.73 Å². The van der Waals surface area contributed by atoms with Gasteiger partial charge in [0.25, 0.3) is 0 Å². The standard InChI is InChI=1S/C15H20N2O/c1-9-14(16)12-5-3-4-6-13(12)17(10(2)18)15(9)11-7-8-11/h3-6,9,11,14-15H,7-8,16H2,1-2H3/t9-,14+,15?/m0/s1. The molecule has 3 atom stereocenters. The first-order chi connectivity index (χ1) is 8.61. The van der Waals surface area contributed by atoms with Crippen molar-refractivity contribution in [2.24, 2.45) is 17.6 Å². The lowest BCUT2D eigenvalue weighted by Crippen LogP contribution is -2.51. The molecule has 0 saturated heterocycles. The summed E-state index contributed by atoms with van der Waals surface area (Å²) in [6, 6.07) is 8.39. The fraction of sp³-hybridized carbons (Fsp3) is 0.533. The van der Waals surface area contributed by atoms with Crippen molar-refractivity contribution in [1.82, 2.24) is 0 Å². The Morgan fingerprint density at radius 3 is 2.61 bits per heavy atom. The Bertz CT molecular complexity index is 481. The molecule has 1 aromatic rings. The van der Waals surface area contributed by atoms with Gasteiger partial charge in [0.05, 0.1) is 0 Å². The SMILES string of the molecule is CC(=O)N1c2ccccc2[C@H](N)[C@H](C)C1C1CC1. The van der Waals surface area contributed by atoms with Crippen LogP contribution in [0.15, 0.2) is 24.3 Å². The molecule has 1 aromatic carbocycles. The lowest BCUT2D eigenvalue weighted by atomic mass is 9.80. The molecule has 1 aliphatic heterocycles. The van der Waals surface area contributed by atoms with E-state index in [0.717, 1.165) is 11.3 Å². The molecule has 1 fully saturated rings. The molecule has 1 amide bonds. The number of carbonyl (C=O) groups is 1. The number of anilines is 1. The van der Waals surface area contributed by atoms with Crippen LogP contribution < -0.4 is 10.6 Å². The Labute approximate surface area is 108 Å². The average molecular weight is 244 g/mol. The third kappa shape index (κ3) is 1.65. The Balaban J connectivity index is 2.11. The van der Waals surface area contributed by atoms with Gasteiger partial charge in [-0.3, -0.25) is 4.79 Å². The Morgan fingerprint density at radius 1 is 1.33 bits per heavy atom. The molecule has 3 heteroatoms. The molecule has 1 aliphatic carbocycles. The summed E-state index contributed by atoms with van der Waals surface area (Å²) in [5.74, 6) is 1.11. The van der Waals surface area contributed by atoms with Crippen LogP contribution in [-0.2, 0) is 4.79 Å². The Kier molecular flexibility index (Phi) is 2.67. The molecule has 3 nitrogen and oxygen atoms in total. The highest BCUT2D eigenvalue weighted by Gasteiger charge is 2.46. The molecule has 96 valence electrons. The molecular weight excluding hydrogens is 224 g/mol. The highest BCUT2D eigenvalue weighted by atomic mass is 16.2. The van der Waals surface area contributed by atoms with E-state index >= 15 is 0 Å². The monoisotopic (exact) mass is 244 g/mol. The number of para-hydroxylation sites is 1. The van der Waals surface area contributed by atoms with Gasteiger partial charge in [0.1, 0.15) is 0 Å². The van der Waals surface area contributed by atoms with E-state index < -0.39 is 0 Å². The second-order valence-electron chi connectivity index (χ2n) is 5.66. The van der Waals surface area contributed by atoms with E-state index in [9.17, 15) is 4.79 Å². The summed E-state index contributed by atoms with van der Waals surface area (Å²) in [7, 11) is 0. The fourth-order valence-electron chi connectivity index (χ4n) is 3.34. The quantitative estimate of drug-likeness (QED) is 0.825. The van der Waals surface area contributed by atoms with Crippen molar-refractivity contribution < 1.29 is 4.79 Å². The zero-order valence-electron chi connectivity index (χ0n) is 11.0. The first-order valence-corrected chi connectivity index (χ1v) is 6.75. The molecule has 3 rings (SSSR count). The normalized spacial score (nSPS) is 31.1. The van der Waals surface area contributed by atoms with Crippen molar-refractivity contribution >= 4 is 11.6 Å². The third-order valence-electron chi connectivity index (χ3n) is 4.40. The Hall–Kier alpha value is -1.35. The summed E-state index contributed by atoms with van der Waals surface area (Å²) in [6.45, 7) is 3.84. The van der Waals surface area contributed by atoms with E-state index in [1.54, 1.807) is 6.92 Å². The van der Waals surface area contributed by atoms with Gasteiger partial charge in [-0.15, -0.1) is 0 Å². The number of hydrogen-bond acceptors (Lipinski definition) is 2. The summed E-state index contributed by atoms with van der Waals surface area (Å²) >= 11 is 0. The highest BCUT2D eigenvalue weighted by molar-refractivity contribution is 5.94. The van der Waals surface area contributed by atoms with Crippen LogP contribution in [0.3, 0.4) is 0 Å². The molecule has 1 heterocycles. The number of carbonyl (C=O) groups excluding carboxylic acids is 1. The molecule has 0 aromatic heterocycles. The predicted molar refractivity (Wildman–Crippen MR) is 72.2 cm³/mol. The van der Waals surface area contributed by atoms with Gasteiger partial charge < -0.3 is 10.6 Å². The van der Waals surface area contributed by atoms with Crippen molar-refractivity contribution in [3.63, 3.8) is 0 Å². The molecule has 18 heavy (non-hydrogen) atoms. The van der Waals surface area contributed by atoms with Crippen molar-refractivity contribution in [3.8, 4) is 0 Å². The average Bonchev–Trinajstić information content (AvgIpc) is 3.17. The zero-order valence-corrected chi connectivity index (χ0v) is 11.0. The molecule has 1 saturated carbocycles. The topological polar surface area (TPSA) is 46.3 Å². The molecule has 1 unspecified atom stereocenters. The molecule has 0 spiro atoms. The maximum atomic E-state index is 12.0. The van der Waals surface area contributed by atoms with Crippen LogP contribution in [0.25, 0.3) is 0 Å². The lowest BCUT2D eigenvalue weighted by Gasteiger charge is -2.44. The maximum Gasteiger partial charge on any atom is 0.224 e. The summed E-state index contributed by atoms with van der Waals surface area (Å²) in [4.78, 5) is 14.0. The summed E-state index contributed by atoms with van der Waals surface area (Å²) in [5, 5.41) is 0.